The molecule has 1 aromatic heterocycles. The Labute approximate surface area is 151 Å². The highest BCUT2D eigenvalue weighted by Gasteiger charge is 2.15. The van der Waals surface area contributed by atoms with Crippen molar-refractivity contribution in [2.24, 2.45) is 0 Å². The second-order valence-corrected chi connectivity index (χ2v) is 7.97. The van der Waals surface area contributed by atoms with Gasteiger partial charge < -0.3 is 0 Å². The molecule has 2 rings (SSSR count). The number of thiazole rings is 1. The van der Waals surface area contributed by atoms with Crippen LogP contribution in [0.4, 0.5) is 5.13 Å². The molecule has 1 aromatic carbocycles. The molecule has 9 heteroatoms. The second kappa shape index (κ2) is 8.52. The van der Waals surface area contributed by atoms with E-state index in [9.17, 15) is 13.2 Å². The van der Waals surface area contributed by atoms with Crippen LogP contribution in [-0.2, 0) is 25.7 Å². The number of carbonyl (C=O) groups excluding carboxylic acids is 1. The van der Waals surface area contributed by atoms with Gasteiger partial charge in [0.15, 0.2) is 5.13 Å². The lowest BCUT2D eigenvalue weighted by atomic mass is 10.1. The molecule has 0 spiro atoms. The highest BCUT2D eigenvalue weighted by atomic mass is 32.2. The van der Waals surface area contributed by atoms with Crippen LogP contribution >= 0.6 is 11.3 Å². The summed E-state index contributed by atoms with van der Waals surface area (Å²) in [6.45, 7) is 5.13. The van der Waals surface area contributed by atoms with E-state index in [2.05, 4.69) is 43.5 Å². The highest BCUT2D eigenvalue weighted by molar-refractivity contribution is 7.84. The van der Waals surface area contributed by atoms with Crippen LogP contribution in [0.2, 0.25) is 0 Å². The Morgan fingerprint density at radius 2 is 1.92 bits per heavy atom. The molecule has 0 fully saturated rings. The first-order chi connectivity index (χ1) is 11.8. The van der Waals surface area contributed by atoms with Crippen LogP contribution in [0, 0.1) is 13.8 Å². The van der Waals surface area contributed by atoms with Gasteiger partial charge in [-0.25, -0.2) is 9.17 Å². The zero-order valence-corrected chi connectivity index (χ0v) is 16.0. The van der Waals surface area contributed by atoms with Gasteiger partial charge in [0.25, 0.3) is 5.91 Å². The van der Waals surface area contributed by atoms with Gasteiger partial charge in [-0.1, -0.05) is 36.8 Å². The molecule has 2 N–H and O–H groups in total. The molecule has 7 nitrogen and oxygen atoms in total. The monoisotopic (exact) mass is 383 g/mol. The first-order valence-corrected chi connectivity index (χ1v) is 9.97. The summed E-state index contributed by atoms with van der Waals surface area (Å²) < 4.78 is 29.4. The number of benzene rings is 1. The Hall–Kier alpha value is -1.81. The maximum absolute atomic E-state index is 11.8. The molecule has 0 atom stereocenters. The zero-order valence-electron chi connectivity index (χ0n) is 14.3. The van der Waals surface area contributed by atoms with Crippen molar-refractivity contribution in [2.45, 2.75) is 27.2 Å². The third-order valence-electron chi connectivity index (χ3n) is 3.29. The lowest BCUT2D eigenvalue weighted by Crippen LogP contribution is -2.29. The summed E-state index contributed by atoms with van der Waals surface area (Å²) in [6.07, 6.45) is 0.727. The summed E-state index contributed by atoms with van der Waals surface area (Å²) >= 11 is 1.37. The fourth-order valence-electron chi connectivity index (χ4n) is 2.04. The molecule has 25 heavy (non-hydrogen) atoms. The molecule has 0 unspecified atom stereocenters. The van der Waals surface area contributed by atoms with Crippen molar-refractivity contribution < 1.29 is 17.4 Å². The SMILES string of the molecule is CCNS(=O)(=O)OCC(=O)Nc1nc(C)c(Cc2ccc(C)cc2)s1. The van der Waals surface area contributed by atoms with Crippen molar-refractivity contribution in [2.75, 3.05) is 18.5 Å². The first-order valence-electron chi connectivity index (χ1n) is 7.75. The molecule has 0 aliphatic carbocycles. The van der Waals surface area contributed by atoms with Gasteiger partial charge in [-0.15, -0.1) is 11.3 Å². The van der Waals surface area contributed by atoms with Gasteiger partial charge in [-0.3, -0.25) is 10.1 Å². The summed E-state index contributed by atoms with van der Waals surface area (Å²) in [5.41, 5.74) is 3.20. The number of aromatic nitrogens is 1. The van der Waals surface area contributed by atoms with Crippen LogP contribution in [0.25, 0.3) is 0 Å². The molecule has 0 radical (unpaired) electrons. The summed E-state index contributed by atoms with van der Waals surface area (Å²) in [5.74, 6) is -0.572. The number of anilines is 1. The maximum Gasteiger partial charge on any atom is 0.336 e. The van der Waals surface area contributed by atoms with E-state index in [-0.39, 0.29) is 6.54 Å². The third-order valence-corrected chi connectivity index (χ3v) is 5.43. The van der Waals surface area contributed by atoms with Gasteiger partial charge in [0, 0.05) is 17.8 Å². The molecule has 0 saturated heterocycles. The number of hydrogen-bond acceptors (Lipinski definition) is 6. The zero-order chi connectivity index (χ0) is 18.4. The Bertz CT molecular complexity index is 830. The predicted octanol–water partition coefficient (Wildman–Crippen LogP) is 2.16. The fourth-order valence-corrected chi connectivity index (χ4v) is 3.75. The molecule has 1 amide bonds. The maximum atomic E-state index is 11.8. The minimum Gasteiger partial charge on any atom is -0.300 e. The number of amides is 1. The van der Waals surface area contributed by atoms with Gasteiger partial charge in [0.1, 0.15) is 6.61 Å². The molecular formula is C16H21N3O4S2. The van der Waals surface area contributed by atoms with E-state index in [4.69, 9.17) is 0 Å². The second-order valence-electron chi connectivity index (χ2n) is 5.45. The van der Waals surface area contributed by atoms with Crippen LogP contribution in [0.15, 0.2) is 24.3 Å². The molecule has 2 aromatic rings. The lowest BCUT2D eigenvalue weighted by Gasteiger charge is -2.04. The van der Waals surface area contributed by atoms with Gasteiger partial charge >= 0.3 is 10.3 Å². The lowest BCUT2D eigenvalue weighted by molar-refractivity contribution is -0.118. The van der Waals surface area contributed by atoms with Crippen LogP contribution < -0.4 is 10.0 Å². The Morgan fingerprint density at radius 3 is 2.56 bits per heavy atom. The number of hydrogen-bond donors (Lipinski definition) is 2. The largest absolute Gasteiger partial charge is 0.336 e. The topological polar surface area (TPSA) is 97.4 Å². The van der Waals surface area contributed by atoms with E-state index in [1.54, 1.807) is 6.92 Å². The Balaban J connectivity index is 1.95. The van der Waals surface area contributed by atoms with E-state index in [0.29, 0.717) is 5.13 Å². The molecule has 0 aliphatic rings. The average Bonchev–Trinajstić information content (AvgIpc) is 2.87. The highest BCUT2D eigenvalue weighted by Crippen LogP contribution is 2.25. The standard InChI is InChI=1S/C16H21N3O4S2/c1-4-17-25(21,22)23-10-15(20)19-16-18-12(3)14(24-16)9-13-7-5-11(2)6-8-13/h5-8,17H,4,9-10H2,1-3H3,(H,18,19,20). The summed E-state index contributed by atoms with van der Waals surface area (Å²) in [4.78, 5) is 17.2. The molecule has 0 aliphatic heterocycles. The minimum absolute atomic E-state index is 0.192. The van der Waals surface area contributed by atoms with Crippen molar-refractivity contribution in [3.8, 4) is 0 Å². The van der Waals surface area contributed by atoms with Crippen LogP contribution in [-0.4, -0.2) is 32.5 Å². The van der Waals surface area contributed by atoms with Gasteiger partial charge in [0.2, 0.25) is 0 Å². The number of rotatable bonds is 8. The van der Waals surface area contributed by atoms with Crippen molar-refractivity contribution >= 4 is 32.7 Å². The average molecular weight is 383 g/mol. The predicted molar refractivity (Wildman–Crippen MR) is 98.0 cm³/mol. The van der Waals surface area contributed by atoms with E-state index in [1.165, 1.54) is 16.9 Å². The van der Waals surface area contributed by atoms with E-state index < -0.39 is 22.8 Å². The van der Waals surface area contributed by atoms with Crippen molar-refractivity contribution in [1.82, 2.24) is 9.71 Å². The van der Waals surface area contributed by atoms with Crippen LogP contribution in [0.1, 0.15) is 28.6 Å². The van der Waals surface area contributed by atoms with Gasteiger partial charge in [-0.2, -0.15) is 13.1 Å². The molecule has 136 valence electrons. The number of carbonyl (C=O) groups is 1. The number of aryl methyl sites for hydroxylation is 2. The molecule has 1 heterocycles. The third kappa shape index (κ3) is 6.20. The van der Waals surface area contributed by atoms with Crippen LogP contribution in [0.5, 0.6) is 0 Å². The van der Waals surface area contributed by atoms with E-state index >= 15 is 0 Å². The quantitative estimate of drug-likeness (QED) is 0.728. The Kier molecular flexibility index (Phi) is 6.65. The minimum atomic E-state index is -3.89. The fraction of sp³-hybridized carbons (Fsp3) is 0.375. The molecule has 0 saturated carbocycles. The Morgan fingerprint density at radius 1 is 1.24 bits per heavy atom. The number of nitrogens with zero attached hydrogens (tertiary/aromatic N) is 1. The van der Waals surface area contributed by atoms with Crippen molar-refractivity contribution in [3.05, 3.63) is 46.0 Å². The first kappa shape index (κ1) is 19.5. The normalized spacial score (nSPS) is 11.5. The van der Waals surface area contributed by atoms with Crippen LogP contribution in [0.3, 0.4) is 0 Å². The smallest absolute Gasteiger partial charge is 0.300 e. The van der Waals surface area contributed by atoms with E-state index in [1.807, 2.05) is 13.8 Å². The number of nitrogens with one attached hydrogen (secondary N) is 2. The molecule has 0 bridgehead atoms. The summed E-state index contributed by atoms with van der Waals surface area (Å²) in [7, 11) is -3.89. The van der Waals surface area contributed by atoms with Crippen molar-refractivity contribution in [3.63, 3.8) is 0 Å². The van der Waals surface area contributed by atoms with E-state index in [0.717, 1.165) is 22.6 Å². The van der Waals surface area contributed by atoms with Gasteiger partial charge in [-0.05, 0) is 19.4 Å². The summed E-state index contributed by atoms with van der Waals surface area (Å²) in [6, 6.07) is 8.23. The summed E-state index contributed by atoms with van der Waals surface area (Å²) in [5, 5.41) is 2.99. The van der Waals surface area contributed by atoms with Crippen molar-refractivity contribution in [1.29, 1.82) is 0 Å². The van der Waals surface area contributed by atoms with Gasteiger partial charge in [0.05, 0.1) is 5.69 Å². The molecular weight excluding hydrogens is 362 g/mol.